The van der Waals surface area contributed by atoms with Crippen molar-refractivity contribution < 1.29 is 26.4 Å². The van der Waals surface area contributed by atoms with Crippen LogP contribution in [0.2, 0.25) is 0 Å². The molecular weight excluding hydrogens is 307 g/mol. The summed E-state index contributed by atoms with van der Waals surface area (Å²) < 4.78 is 60.6. The predicted octanol–water partition coefficient (Wildman–Crippen LogP) is 2.10. The van der Waals surface area contributed by atoms with E-state index in [9.17, 15) is 26.4 Å². The van der Waals surface area contributed by atoms with Crippen LogP contribution in [-0.4, -0.2) is 44.7 Å². The highest BCUT2D eigenvalue weighted by molar-refractivity contribution is 7.92. The maximum atomic E-state index is 12.2. The zero-order valence-corrected chi connectivity index (χ0v) is 12.7. The van der Waals surface area contributed by atoms with Crippen molar-refractivity contribution in [2.75, 3.05) is 19.3 Å². The van der Waals surface area contributed by atoms with Crippen LogP contribution in [-0.2, 0) is 14.6 Å². The van der Waals surface area contributed by atoms with E-state index in [2.05, 4.69) is 0 Å². The summed E-state index contributed by atoms with van der Waals surface area (Å²) in [6.45, 7) is 2.04. The average Bonchev–Trinajstić information content (AvgIpc) is 2.29. The zero-order valence-electron chi connectivity index (χ0n) is 11.9. The number of nitrogens with zero attached hydrogens (tertiary/aromatic N) is 1. The predicted molar refractivity (Wildman–Crippen MR) is 71.7 cm³/mol. The number of amides is 1. The molecule has 0 atom stereocenters. The first-order chi connectivity index (χ1) is 9.42. The zero-order chi connectivity index (χ0) is 16.4. The number of sulfone groups is 1. The number of benzene rings is 1. The second-order valence-electron chi connectivity index (χ2n) is 4.87. The number of rotatable bonds is 4. The Labute approximate surface area is 121 Å². The normalized spacial score (nSPS) is 12.3. The molecule has 0 saturated carbocycles. The SMILES string of the molecule is Cc1ccc(S(=O)(=O)CC(=O)N(C)CC(F)(F)F)cc1C. The lowest BCUT2D eigenvalue weighted by Gasteiger charge is -2.19. The third-order valence-corrected chi connectivity index (χ3v) is 4.59. The molecule has 0 heterocycles. The van der Waals surface area contributed by atoms with Crippen molar-refractivity contribution in [2.24, 2.45) is 0 Å². The van der Waals surface area contributed by atoms with Crippen LogP contribution in [0, 0.1) is 13.8 Å². The van der Waals surface area contributed by atoms with Crippen LogP contribution in [0.3, 0.4) is 0 Å². The molecule has 0 saturated heterocycles. The van der Waals surface area contributed by atoms with Gasteiger partial charge in [-0.15, -0.1) is 0 Å². The summed E-state index contributed by atoms with van der Waals surface area (Å²) >= 11 is 0. The van der Waals surface area contributed by atoms with Crippen LogP contribution in [0.1, 0.15) is 11.1 Å². The van der Waals surface area contributed by atoms with Crippen molar-refractivity contribution in [3.8, 4) is 0 Å². The maximum Gasteiger partial charge on any atom is 0.406 e. The van der Waals surface area contributed by atoms with Gasteiger partial charge in [0.25, 0.3) is 0 Å². The number of aryl methyl sites for hydroxylation is 2. The van der Waals surface area contributed by atoms with Crippen LogP contribution >= 0.6 is 0 Å². The van der Waals surface area contributed by atoms with Crippen LogP contribution in [0.5, 0.6) is 0 Å². The van der Waals surface area contributed by atoms with Crippen molar-refractivity contribution in [1.29, 1.82) is 0 Å². The Balaban J connectivity index is 2.90. The molecule has 8 heteroatoms. The van der Waals surface area contributed by atoms with Gasteiger partial charge in [0.05, 0.1) is 4.90 Å². The van der Waals surface area contributed by atoms with E-state index in [1.54, 1.807) is 19.9 Å². The molecule has 1 aromatic rings. The Morgan fingerprint density at radius 1 is 1.19 bits per heavy atom. The lowest BCUT2D eigenvalue weighted by Crippen LogP contribution is -2.39. The monoisotopic (exact) mass is 323 g/mol. The molecule has 0 aliphatic heterocycles. The molecule has 0 aliphatic rings. The number of hydrogen-bond donors (Lipinski definition) is 0. The molecule has 0 aromatic heterocycles. The van der Waals surface area contributed by atoms with Gasteiger partial charge in [0.15, 0.2) is 9.84 Å². The fourth-order valence-electron chi connectivity index (χ4n) is 1.62. The topological polar surface area (TPSA) is 54.5 Å². The molecular formula is C13H16F3NO3S. The molecule has 21 heavy (non-hydrogen) atoms. The molecule has 1 aromatic carbocycles. The Hall–Kier alpha value is -1.57. The Morgan fingerprint density at radius 2 is 1.76 bits per heavy atom. The number of halogens is 3. The van der Waals surface area contributed by atoms with E-state index in [1.165, 1.54) is 12.1 Å². The van der Waals surface area contributed by atoms with Gasteiger partial charge in [-0.3, -0.25) is 4.79 Å². The Morgan fingerprint density at radius 3 is 2.24 bits per heavy atom. The number of carbonyl (C=O) groups is 1. The van der Waals surface area contributed by atoms with Gasteiger partial charge in [0.2, 0.25) is 5.91 Å². The quantitative estimate of drug-likeness (QED) is 0.853. The third kappa shape index (κ3) is 5.04. The van der Waals surface area contributed by atoms with Gasteiger partial charge in [-0.25, -0.2) is 8.42 Å². The molecule has 1 rings (SSSR count). The number of alkyl halides is 3. The highest BCUT2D eigenvalue weighted by Crippen LogP contribution is 2.18. The van der Waals surface area contributed by atoms with E-state index >= 15 is 0 Å². The third-order valence-electron chi connectivity index (χ3n) is 2.99. The largest absolute Gasteiger partial charge is 0.406 e. The molecule has 0 spiro atoms. The molecule has 1 amide bonds. The summed E-state index contributed by atoms with van der Waals surface area (Å²) in [5, 5.41) is 0. The van der Waals surface area contributed by atoms with Crippen molar-refractivity contribution in [3.05, 3.63) is 29.3 Å². The summed E-state index contributed by atoms with van der Waals surface area (Å²) in [5.41, 5.74) is 1.61. The summed E-state index contributed by atoms with van der Waals surface area (Å²) in [5.74, 6) is -2.08. The second-order valence-corrected chi connectivity index (χ2v) is 6.86. The van der Waals surface area contributed by atoms with Gasteiger partial charge >= 0.3 is 6.18 Å². The first-order valence-corrected chi connectivity index (χ1v) is 7.68. The summed E-state index contributed by atoms with van der Waals surface area (Å²) in [7, 11) is -3.04. The fraction of sp³-hybridized carbons (Fsp3) is 0.462. The summed E-state index contributed by atoms with van der Waals surface area (Å²) in [6.07, 6.45) is -4.56. The number of hydrogen-bond acceptors (Lipinski definition) is 3. The van der Waals surface area contributed by atoms with Gasteiger partial charge in [-0.2, -0.15) is 13.2 Å². The van der Waals surface area contributed by atoms with Crippen LogP contribution in [0.4, 0.5) is 13.2 Å². The van der Waals surface area contributed by atoms with Crippen molar-refractivity contribution in [2.45, 2.75) is 24.9 Å². The van der Waals surface area contributed by atoms with E-state index in [0.717, 1.165) is 18.2 Å². The average molecular weight is 323 g/mol. The van der Waals surface area contributed by atoms with Gasteiger partial charge in [0.1, 0.15) is 12.3 Å². The van der Waals surface area contributed by atoms with Crippen molar-refractivity contribution in [1.82, 2.24) is 4.90 Å². The highest BCUT2D eigenvalue weighted by Gasteiger charge is 2.32. The minimum Gasteiger partial charge on any atom is -0.336 e. The molecule has 0 radical (unpaired) electrons. The molecule has 0 N–H and O–H groups in total. The lowest BCUT2D eigenvalue weighted by molar-refractivity contribution is -0.156. The molecule has 0 bridgehead atoms. The Kier molecular flexibility index (Phi) is 5.03. The molecule has 0 aliphatic carbocycles. The molecule has 0 unspecified atom stereocenters. The summed E-state index contributed by atoms with van der Waals surface area (Å²) in [4.78, 5) is 11.9. The van der Waals surface area contributed by atoms with Crippen LogP contribution in [0.15, 0.2) is 23.1 Å². The van der Waals surface area contributed by atoms with E-state index in [0.29, 0.717) is 4.90 Å². The molecule has 118 valence electrons. The van der Waals surface area contributed by atoms with E-state index < -0.39 is 34.2 Å². The molecule has 0 fully saturated rings. The van der Waals surface area contributed by atoms with Gasteiger partial charge in [-0.05, 0) is 37.1 Å². The van der Waals surface area contributed by atoms with E-state index in [4.69, 9.17) is 0 Å². The van der Waals surface area contributed by atoms with Crippen molar-refractivity contribution in [3.63, 3.8) is 0 Å². The second kappa shape index (κ2) is 6.05. The van der Waals surface area contributed by atoms with E-state index in [1.807, 2.05) is 0 Å². The van der Waals surface area contributed by atoms with E-state index in [-0.39, 0.29) is 4.90 Å². The number of carbonyl (C=O) groups excluding carboxylic acids is 1. The van der Waals surface area contributed by atoms with Gasteiger partial charge in [-0.1, -0.05) is 6.07 Å². The van der Waals surface area contributed by atoms with Gasteiger partial charge < -0.3 is 4.90 Å². The van der Waals surface area contributed by atoms with Crippen LogP contribution in [0.25, 0.3) is 0 Å². The standard InChI is InChI=1S/C13H16F3NO3S/c1-9-4-5-11(6-10(9)2)21(19,20)7-12(18)17(3)8-13(14,15)16/h4-6H,7-8H2,1-3H3. The fourth-order valence-corrected chi connectivity index (χ4v) is 2.96. The van der Waals surface area contributed by atoms with Crippen LogP contribution < -0.4 is 0 Å². The highest BCUT2D eigenvalue weighted by atomic mass is 32.2. The minimum atomic E-state index is -4.56. The molecule has 4 nitrogen and oxygen atoms in total. The first-order valence-electron chi connectivity index (χ1n) is 6.03. The maximum absolute atomic E-state index is 12.2. The minimum absolute atomic E-state index is 0.0700. The smallest absolute Gasteiger partial charge is 0.336 e. The van der Waals surface area contributed by atoms with Crippen molar-refractivity contribution >= 4 is 15.7 Å². The lowest BCUT2D eigenvalue weighted by atomic mass is 10.1. The Bertz CT molecular complexity index is 639. The van der Waals surface area contributed by atoms with Gasteiger partial charge in [0, 0.05) is 7.05 Å². The first kappa shape index (κ1) is 17.5. The summed E-state index contributed by atoms with van der Waals surface area (Å²) in [6, 6.07) is 4.34.